The van der Waals surface area contributed by atoms with Crippen molar-refractivity contribution in [1.29, 1.82) is 0 Å². The van der Waals surface area contributed by atoms with E-state index in [0.29, 0.717) is 0 Å². The summed E-state index contributed by atoms with van der Waals surface area (Å²) in [6.45, 7) is 6.07. The highest BCUT2D eigenvalue weighted by molar-refractivity contribution is 6.30. The molecule has 2 aromatic carbocycles. The van der Waals surface area contributed by atoms with Gasteiger partial charge in [-0.2, -0.15) is 0 Å². The maximum absolute atomic E-state index is 5.96. The van der Waals surface area contributed by atoms with Gasteiger partial charge in [0.2, 0.25) is 0 Å². The van der Waals surface area contributed by atoms with Gasteiger partial charge in [-0.05, 0) is 42.7 Å². The van der Waals surface area contributed by atoms with Crippen molar-refractivity contribution in [3.05, 3.63) is 58.6 Å². The zero-order valence-corrected chi connectivity index (χ0v) is 12.8. The smallest absolute Gasteiger partial charge is 0.0426 e. The first kappa shape index (κ1) is 14.7. The Kier molecular flexibility index (Phi) is 5.31. The normalized spacial score (nSPS) is 10.3. The lowest BCUT2D eigenvalue weighted by Gasteiger charge is -2.14. The fraction of sp³-hybridized carbons (Fsp3) is 0.294. The predicted octanol–water partition coefficient (Wildman–Crippen LogP) is 4.73. The largest absolute Gasteiger partial charge is 0.383 e. The van der Waals surface area contributed by atoms with Gasteiger partial charge in [0, 0.05) is 29.5 Å². The van der Waals surface area contributed by atoms with E-state index in [4.69, 9.17) is 11.6 Å². The summed E-state index contributed by atoms with van der Waals surface area (Å²) in [5, 5.41) is 7.65. The Morgan fingerprint density at radius 2 is 1.75 bits per heavy atom. The van der Waals surface area contributed by atoms with E-state index in [2.05, 4.69) is 42.7 Å². The van der Waals surface area contributed by atoms with Crippen LogP contribution in [0.2, 0.25) is 5.02 Å². The molecule has 106 valence electrons. The number of para-hydroxylation sites is 1. The summed E-state index contributed by atoms with van der Waals surface area (Å²) in [6.07, 6.45) is 1.05. The monoisotopic (exact) mass is 288 g/mol. The van der Waals surface area contributed by atoms with Gasteiger partial charge in [-0.25, -0.2) is 0 Å². The minimum atomic E-state index is 0.759. The zero-order chi connectivity index (χ0) is 14.4. The van der Waals surface area contributed by atoms with Crippen LogP contribution in [0.4, 0.5) is 11.4 Å². The SMILES string of the molecule is CCc1cccc(C)c1NCCNc1cccc(Cl)c1. The van der Waals surface area contributed by atoms with Crippen LogP contribution in [0, 0.1) is 6.92 Å². The van der Waals surface area contributed by atoms with Crippen LogP contribution in [0.5, 0.6) is 0 Å². The summed E-state index contributed by atoms with van der Waals surface area (Å²) in [4.78, 5) is 0. The van der Waals surface area contributed by atoms with Gasteiger partial charge in [0.05, 0.1) is 0 Å². The van der Waals surface area contributed by atoms with Crippen molar-refractivity contribution in [3.8, 4) is 0 Å². The molecule has 0 amide bonds. The molecule has 2 aromatic rings. The number of hydrogen-bond acceptors (Lipinski definition) is 2. The maximum Gasteiger partial charge on any atom is 0.0426 e. The fourth-order valence-corrected chi connectivity index (χ4v) is 2.46. The average molecular weight is 289 g/mol. The molecule has 0 heterocycles. The van der Waals surface area contributed by atoms with Gasteiger partial charge in [-0.15, -0.1) is 0 Å². The first-order chi connectivity index (χ1) is 9.70. The molecule has 0 saturated heterocycles. The van der Waals surface area contributed by atoms with Crippen molar-refractivity contribution in [1.82, 2.24) is 0 Å². The molecule has 0 saturated carbocycles. The van der Waals surface area contributed by atoms with Crippen LogP contribution >= 0.6 is 11.6 Å². The fourth-order valence-electron chi connectivity index (χ4n) is 2.27. The molecule has 0 aliphatic carbocycles. The molecule has 0 unspecified atom stereocenters. The molecule has 0 aliphatic heterocycles. The summed E-state index contributed by atoms with van der Waals surface area (Å²) in [5.74, 6) is 0. The van der Waals surface area contributed by atoms with Crippen LogP contribution in [-0.2, 0) is 6.42 Å². The second-order valence-electron chi connectivity index (χ2n) is 4.83. The third-order valence-electron chi connectivity index (χ3n) is 3.32. The number of nitrogens with one attached hydrogen (secondary N) is 2. The van der Waals surface area contributed by atoms with E-state index in [-0.39, 0.29) is 0 Å². The van der Waals surface area contributed by atoms with Gasteiger partial charge in [-0.1, -0.05) is 42.8 Å². The van der Waals surface area contributed by atoms with Crippen molar-refractivity contribution in [3.63, 3.8) is 0 Å². The van der Waals surface area contributed by atoms with Crippen molar-refractivity contribution in [2.24, 2.45) is 0 Å². The number of rotatable bonds is 6. The summed E-state index contributed by atoms with van der Waals surface area (Å²) in [7, 11) is 0. The molecule has 0 bridgehead atoms. The zero-order valence-electron chi connectivity index (χ0n) is 12.0. The minimum absolute atomic E-state index is 0.759. The summed E-state index contributed by atoms with van der Waals surface area (Å²) < 4.78 is 0. The summed E-state index contributed by atoms with van der Waals surface area (Å²) in [6, 6.07) is 14.2. The molecule has 20 heavy (non-hydrogen) atoms. The number of halogens is 1. The van der Waals surface area contributed by atoms with Gasteiger partial charge in [0.25, 0.3) is 0 Å². The number of anilines is 2. The number of benzene rings is 2. The van der Waals surface area contributed by atoms with Crippen LogP contribution in [0.25, 0.3) is 0 Å². The minimum Gasteiger partial charge on any atom is -0.383 e. The van der Waals surface area contributed by atoms with Crippen LogP contribution in [0.1, 0.15) is 18.1 Å². The topological polar surface area (TPSA) is 24.1 Å². The van der Waals surface area contributed by atoms with E-state index < -0.39 is 0 Å². The average Bonchev–Trinajstić information content (AvgIpc) is 2.45. The van der Waals surface area contributed by atoms with Crippen molar-refractivity contribution in [2.45, 2.75) is 20.3 Å². The van der Waals surface area contributed by atoms with Crippen LogP contribution in [0.15, 0.2) is 42.5 Å². The first-order valence-electron chi connectivity index (χ1n) is 7.02. The lowest BCUT2D eigenvalue weighted by molar-refractivity contribution is 1.05. The third kappa shape index (κ3) is 3.91. The van der Waals surface area contributed by atoms with Crippen molar-refractivity contribution < 1.29 is 0 Å². The van der Waals surface area contributed by atoms with Gasteiger partial charge in [0.15, 0.2) is 0 Å². The van der Waals surface area contributed by atoms with E-state index in [1.165, 1.54) is 16.8 Å². The van der Waals surface area contributed by atoms with Crippen LogP contribution in [-0.4, -0.2) is 13.1 Å². The molecule has 0 radical (unpaired) electrons. The molecule has 0 aromatic heterocycles. The van der Waals surface area contributed by atoms with E-state index in [9.17, 15) is 0 Å². The molecule has 0 atom stereocenters. The van der Waals surface area contributed by atoms with E-state index in [1.807, 2.05) is 24.3 Å². The molecular formula is C17H21ClN2. The van der Waals surface area contributed by atoms with Gasteiger partial charge in [-0.3, -0.25) is 0 Å². The molecule has 0 spiro atoms. The molecule has 3 heteroatoms. The lowest BCUT2D eigenvalue weighted by atomic mass is 10.1. The van der Waals surface area contributed by atoms with E-state index in [0.717, 1.165) is 30.2 Å². The predicted molar refractivity (Wildman–Crippen MR) is 89.0 cm³/mol. The Morgan fingerprint density at radius 1 is 1.00 bits per heavy atom. The van der Waals surface area contributed by atoms with E-state index in [1.54, 1.807) is 0 Å². The molecule has 2 rings (SSSR count). The standard InChI is InChI=1S/C17H21ClN2/c1-3-14-7-4-6-13(2)17(14)20-11-10-19-16-9-5-8-15(18)12-16/h4-9,12,19-20H,3,10-11H2,1-2H3. The first-order valence-corrected chi connectivity index (χ1v) is 7.40. The highest BCUT2D eigenvalue weighted by Gasteiger charge is 2.02. The molecular weight excluding hydrogens is 268 g/mol. The second kappa shape index (κ2) is 7.20. The summed E-state index contributed by atoms with van der Waals surface area (Å²) in [5.41, 5.74) is 4.99. The number of aryl methyl sites for hydroxylation is 2. The Balaban J connectivity index is 1.87. The molecule has 0 fully saturated rings. The maximum atomic E-state index is 5.96. The van der Waals surface area contributed by atoms with Gasteiger partial charge < -0.3 is 10.6 Å². The van der Waals surface area contributed by atoms with E-state index >= 15 is 0 Å². The quantitative estimate of drug-likeness (QED) is 0.751. The third-order valence-corrected chi connectivity index (χ3v) is 3.56. The Bertz CT molecular complexity index is 567. The van der Waals surface area contributed by atoms with Crippen molar-refractivity contribution >= 4 is 23.0 Å². The van der Waals surface area contributed by atoms with Crippen LogP contribution in [0.3, 0.4) is 0 Å². The molecule has 0 aliphatic rings. The highest BCUT2D eigenvalue weighted by Crippen LogP contribution is 2.20. The molecule has 2 N–H and O–H groups in total. The van der Waals surface area contributed by atoms with Gasteiger partial charge >= 0.3 is 0 Å². The number of hydrogen-bond donors (Lipinski definition) is 2. The Hall–Kier alpha value is -1.67. The Labute approximate surface area is 126 Å². The molecule has 2 nitrogen and oxygen atoms in total. The van der Waals surface area contributed by atoms with Crippen molar-refractivity contribution in [2.75, 3.05) is 23.7 Å². The van der Waals surface area contributed by atoms with Gasteiger partial charge in [0.1, 0.15) is 0 Å². The highest BCUT2D eigenvalue weighted by atomic mass is 35.5. The Morgan fingerprint density at radius 3 is 2.50 bits per heavy atom. The second-order valence-corrected chi connectivity index (χ2v) is 5.26. The lowest BCUT2D eigenvalue weighted by Crippen LogP contribution is -2.15. The summed E-state index contributed by atoms with van der Waals surface area (Å²) >= 11 is 5.96. The van der Waals surface area contributed by atoms with Crippen LogP contribution < -0.4 is 10.6 Å².